The van der Waals surface area contributed by atoms with Crippen LogP contribution >= 0.6 is 22.6 Å². The number of carboxylic acids is 1. The van der Waals surface area contributed by atoms with Gasteiger partial charge in [0.05, 0.1) is 12.5 Å². The molecule has 138 valence electrons. The number of nitrogens with zero attached hydrogens (tertiary/aromatic N) is 1. The Morgan fingerprint density at radius 1 is 1.52 bits per heavy atom. The molecule has 0 amide bonds. The fraction of sp³-hybridized carbons (Fsp3) is 0.667. The summed E-state index contributed by atoms with van der Waals surface area (Å²) in [5.74, 6) is -1.51. The maximum atomic E-state index is 12.1. The third-order valence-corrected chi connectivity index (χ3v) is 6.61. The maximum absolute atomic E-state index is 12.1. The quantitative estimate of drug-likeness (QED) is 0.335. The van der Waals surface area contributed by atoms with E-state index in [0.29, 0.717) is 0 Å². The second-order valence-corrected chi connectivity index (χ2v) is 9.24. The number of rotatable bonds is 5. The maximum Gasteiger partial charge on any atom is 0.330 e. The average Bonchev–Trinajstić information content (AvgIpc) is 3.05. The molecule has 1 aliphatic heterocycles. The number of halogens is 1. The summed E-state index contributed by atoms with van der Waals surface area (Å²) in [6.45, 7) is 3.93. The number of carboxylic acid groups (broad SMARTS) is 1. The van der Waals surface area contributed by atoms with Crippen molar-refractivity contribution in [1.82, 2.24) is 9.55 Å². The van der Waals surface area contributed by atoms with Crippen molar-refractivity contribution in [1.29, 1.82) is 0 Å². The highest BCUT2D eigenvalue weighted by Crippen LogP contribution is 2.64. The van der Waals surface area contributed by atoms with Gasteiger partial charge in [0.1, 0.15) is 11.7 Å². The van der Waals surface area contributed by atoms with E-state index in [2.05, 4.69) is 22.6 Å². The normalized spacial score (nSPS) is 35.9. The molecule has 0 aromatic carbocycles. The molecule has 1 saturated heterocycles. The number of hydrogen-bond donors (Lipinski definition) is 4. The molecule has 25 heavy (non-hydrogen) atoms. The summed E-state index contributed by atoms with van der Waals surface area (Å²) in [7, 11) is 0. The third kappa shape index (κ3) is 2.75. The minimum atomic E-state index is -1.47. The molecule has 1 aromatic rings. The van der Waals surface area contributed by atoms with Crippen molar-refractivity contribution in [2.45, 2.75) is 54.1 Å². The molecule has 9 nitrogen and oxygen atoms in total. The molecule has 2 aliphatic rings. The van der Waals surface area contributed by atoms with E-state index in [1.165, 1.54) is 0 Å². The number of fused-ring (bicyclic) bond motifs is 1. The van der Waals surface area contributed by atoms with Crippen LogP contribution in [0.4, 0.5) is 0 Å². The van der Waals surface area contributed by atoms with E-state index in [9.17, 15) is 24.6 Å². The molecule has 2 heterocycles. The SMILES string of the molecule is CCC(C)(I)C1[C@H]2OC(n3cc(CC(=O)O)c(=O)[nH]c3=O)[C@H](O)[C@@]12O. The highest BCUT2D eigenvalue weighted by molar-refractivity contribution is 14.1. The summed E-state index contributed by atoms with van der Waals surface area (Å²) in [6.07, 6.45) is -1.93. The van der Waals surface area contributed by atoms with Crippen LogP contribution in [0.3, 0.4) is 0 Å². The van der Waals surface area contributed by atoms with E-state index in [1.807, 2.05) is 18.8 Å². The monoisotopic (exact) mass is 466 g/mol. The largest absolute Gasteiger partial charge is 0.481 e. The van der Waals surface area contributed by atoms with Crippen LogP contribution in [-0.2, 0) is 16.0 Å². The van der Waals surface area contributed by atoms with Crippen LogP contribution in [0.1, 0.15) is 32.1 Å². The van der Waals surface area contributed by atoms with Gasteiger partial charge in [-0.25, -0.2) is 4.79 Å². The number of alkyl halides is 1. The Morgan fingerprint density at radius 3 is 2.64 bits per heavy atom. The molecule has 0 spiro atoms. The zero-order valence-electron chi connectivity index (χ0n) is 13.6. The third-order valence-electron chi connectivity index (χ3n) is 5.17. The zero-order chi connectivity index (χ0) is 18.7. The minimum absolute atomic E-state index is 0.140. The van der Waals surface area contributed by atoms with Crippen LogP contribution in [0.2, 0.25) is 0 Å². The van der Waals surface area contributed by atoms with Crippen LogP contribution in [0.15, 0.2) is 15.8 Å². The molecular formula is C15H19IN2O7. The van der Waals surface area contributed by atoms with Gasteiger partial charge in [-0.1, -0.05) is 36.4 Å². The van der Waals surface area contributed by atoms with Crippen molar-refractivity contribution >= 4 is 28.6 Å². The Hall–Kier alpha value is -1.24. The molecule has 6 atom stereocenters. The highest BCUT2D eigenvalue weighted by Gasteiger charge is 2.79. The second-order valence-electron chi connectivity index (χ2n) is 6.78. The number of aliphatic hydroxyl groups is 2. The molecule has 0 radical (unpaired) electrons. The molecule has 0 bridgehead atoms. The lowest BCUT2D eigenvalue weighted by atomic mass is 9.96. The molecule has 1 saturated carbocycles. The molecule has 10 heteroatoms. The fourth-order valence-corrected chi connectivity index (χ4v) is 4.42. The summed E-state index contributed by atoms with van der Waals surface area (Å²) in [5.41, 5.74) is -3.25. The first-order valence-corrected chi connectivity index (χ1v) is 8.92. The van der Waals surface area contributed by atoms with E-state index in [0.717, 1.165) is 17.2 Å². The highest BCUT2D eigenvalue weighted by atomic mass is 127. The van der Waals surface area contributed by atoms with Gasteiger partial charge in [-0.3, -0.25) is 19.1 Å². The number of aromatic nitrogens is 2. The first kappa shape index (κ1) is 18.5. The number of nitrogens with one attached hydrogen (secondary N) is 1. The molecule has 4 N–H and O–H groups in total. The number of aliphatic hydroxyl groups excluding tert-OH is 1. The smallest absolute Gasteiger partial charge is 0.330 e. The molecule has 2 fully saturated rings. The molecular weight excluding hydrogens is 447 g/mol. The average molecular weight is 466 g/mol. The predicted molar refractivity (Wildman–Crippen MR) is 93.7 cm³/mol. The summed E-state index contributed by atoms with van der Waals surface area (Å²) in [6, 6.07) is 0. The van der Waals surface area contributed by atoms with Gasteiger partial charge in [0.15, 0.2) is 6.23 Å². The van der Waals surface area contributed by atoms with E-state index in [-0.39, 0.29) is 14.9 Å². The van der Waals surface area contributed by atoms with Crippen molar-refractivity contribution < 1.29 is 24.9 Å². The van der Waals surface area contributed by atoms with Crippen molar-refractivity contribution in [3.05, 3.63) is 32.6 Å². The number of H-pyrrole nitrogens is 1. The van der Waals surface area contributed by atoms with Crippen LogP contribution in [0, 0.1) is 5.92 Å². The lowest BCUT2D eigenvalue weighted by Gasteiger charge is -2.29. The summed E-state index contributed by atoms with van der Waals surface area (Å²) < 4.78 is 6.36. The fourth-order valence-electron chi connectivity index (χ4n) is 3.60. The Bertz CT molecular complexity index is 832. The van der Waals surface area contributed by atoms with Gasteiger partial charge < -0.3 is 20.1 Å². The van der Waals surface area contributed by atoms with Gasteiger partial charge in [-0.05, 0) is 6.42 Å². The van der Waals surface area contributed by atoms with Gasteiger partial charge in [0.25, 0.3) is 5.56 Å². The number of hydrogen-bond acceptors (Lipinski definition) is 6. The molecule has 3 rings (SSSR count). The van der Waals surface area contributed by atoms with E-state index >= 15 is 0 Å². The lowest BCUT2D eigenvalue weighted by molar-refractivity contribution is -0.136. The van der Waals surface area contributed by atoms with E-state index in [1.54, 1.807) is 0 Å². The molecule has 3 unspecified atom stereocenters. The van der Waals surface area contributed by atoms with Crippen LogP contribution in [0.25, 0.3) is 0 Å². The Morgan fingerprint density at radius 2 is 2.16 bits per heavy atom. The van der Waals surface area contributed by atoms with Crippen molar-refractivity contribution in [3.63, 3.8) is 0 Å². The van der Waals surface area contributed by atoms with Crippen molar-refractivity contribution in [2.24, 2.45) is 5.92 Å². The van der Waals surface area contributed by atoms with Crippen LogP contribution in [0.5, 0.6) is 0 Å². The van der Waals surface area contributed by atoms with Crippen LogP contribution < -0.4 is 11.2 Å². The Balaban J connectivity index is 1.93. The topological polar surface area (TPSA) is 142 Å². The van der Waals surface area contributed by atoms with Gasteiger partial charge >= 0.3 is 11.7 Å². The lowest BCUT2D eigenvalue weighted by Crippen LogP contribution is -2.44. The van der Waals surface area contributed by atoms with Gasteiger partial charge in [-0.15, -0.1) is 0 Å². The first-order valence-electron chi connectivity index (χ1n) is 7.85. The summed E-state index contributed by atoms with van der Waals surface area (Å²) in [4.78, 5) is 36.6. The number of carbonyl (C=O) groups is 1. The first-order chi connectivity index (χ1) is 11.5. The van der Waals surface area contributed by atoms with Gasteiger partial charge in [0.2, 0.25) is 0 Å². The summed E-state index contributed by atoms with van der Waals surface area (Å²) in [5, 5.41) is 30.2. The second kappa shape index (κ2) is 5.89. The Kier molecular flexibility index (Phi) is 4.37. The van der Waals surface area contributed by atoms with Gasteiger partial charge in [-0.2, -0.15) is 0 Å². The van der Waals surface area contributed by atoms with Gasteiger partial charge in [0, 0.05) is 21.1 Å². The van der Waals surface area contributed by atoms with Crippen molar-refractivity contribution in [3.8, 4) is 0 Å². The predicted octanol–water partition coefficient (Wildman–Crippen LogP) is -0.613. The summed E-state index contributed by atoms with van der Waals surface area (Å²) >= 11 is 2.22. The Labute approximate surface area is 155 Å². The molecule has 1 aliphatic carbocycles. The number of aromatic amines is 1. The standard InChI is InChI=1S/C15H19IN2O7/c1-3-14(2,16)8-10-15(8,24)9(21)12(25-10)18-5-6(4-7(19)20)11(22)17-13(18)23/h5,8-10,12,21,24H,3-4H2,1-2H3,(H,19,20)(H,17,22,23)/t8?,9-,10+,12?,14?,15-/m0/s1. The van der Waals surface area contributed by atoms with E-state index in [4.69, 9.17) is 9.84 Å². The zero-order valence-corrected chi connectivity index (χ0v) is 15.8. The molecule has 1 aromatic heterocycles. The van der Waals surface area contributed by atoms with Crippen LogP contribution in [-0.4, -0.2) is 52.1 Å². The van der Waals surface area contributed by atoms with E-state index < -0.39 is 47.7 Å². The number of aliphatic carboxylic acids is 1. The minimum Gasteiger partial charge on any atom is -0.481 e. The number of ether oxygens (including phenoxy) is 1. The van der Waals surface area contributed by atoms with Crippen molar-refractivity contribution in [2.75, 3.05) is 0 Å².